The van der Waals surface area contributed by atoms with E-state index in [-0.39, 0.29) is 5.41 Å². The third-order valence-corrected chi connectivity index (χ3v) is 4.16. The van der Waals surface area contributed by atoms with Crippen molar-refractivity contribution >= 4 is 11.6 Å². The molecule has 0 aromatic heterocycles. The molecular weight excluding hydrogens is 218 g/mol. The zero-order chi connectivity index (χ0) is 11.8. The zero-order valence-electron chi connectivity index (χ0n) is 10.1. The van der Waals surface area contributed by atoms with E-state index < -0.39 is 0 Å². The van der Waals surface area contributed by atoms with Crippen molar-refractivity contribution in [1.82, 2.24) is 0 Å². The minimum absolute atomic E-state index is 0.147. The van der Waals surface area contributed by atoms with Crippen LogP contribution in [-0.4, -0.2) is 6.54 Å². The molecule has 1 aromatic carbocycles. The molecule has 0 heterocycles. The first-order valence-corrected chi connectivity index (χ1v) is 6.31. The van der Waals surface area contributed by atoms with Crippen LogP contribution >= 0.6 is 11.6 Å². The summed E-state index contributed by atoms with van der Waals surface area (Å²) >= 11 is 6.07. The third-order valence-electron chi connectivity index (χ3n) is 3.92. The van der Waals surface area contributed by atoms with Crippen LogP contribution in [0.4, 0.5) is 0 Å². The molecule has 88 valence electrons. The van der Waals surface area contributed by atoms with Gasteiger partial charge in [0.2, 0.25) is 0 Å². The second-order valence-corrected chi connectivity index (χ2v) is 6.27. The molecule has 1 aliphatic carbocycles. The topological polar surface area (TPSA) is 26.0 Å². The van der Waals surface area contributed by atoms with E-state index in [4.69, 9.17) is 17.3 Å². The van der Waals surface area contributed by atoms with Crippen LogP contribution in [0.2, 0.25) is 5.02 Å². The second kappa shape index (κ2) is 4.05. The van der Waals surface area contributed by atoms with E-state index in [1.165, 1.54) is 18.4 Å². The lowest BCUT2D eigenvalue weighted by Crippen LogP contribution is -2.33. The van der Waals surface area contributed by atoms with Crippen LogP contribution in [0.3, 0.4) is 0 Å². The Hall–Kier alpha value is -0.530. The highest BCUT2D eigenvalue weighted by Crippen LogP contribution is 2.50. The Bertz CT molecular complexity index is 386. The van der Waals surface area contributed by atoms with Gasteiger partial charge in [-0.3, -0.25) is 0 Å². The number of nitrogens with two attached hydrogens (primary N) is 1. The molecule has 0 aliphatic heterocycles. The molecule has 2 rings (SSSR count). The van der Waals surface area contributed by atoms with Gasteiger partial charge in [-0.25, -0.2) is 0 Å². The van der Waals surface area contributed by atoms with Gasteiger partial charge < -0.3 is 5.73 Å². The Kier molecular flexibility index (Phi) is 3.02. The molecule has 1 saturated carbocycles. The Morgan fingerprint density at radius 2 is 2.06 bits per heavy atom. The van der Waals surface area contributed by atoms with Crippen LogP contribution in [0.15, 0.2) is 24.3 Å². The minimum atomic E-state index is 0.147. The van der Waals surface area contributed by atoms with Gasteiger partial charge in [0.1, 0.15) is 0 Å². The van der Waals surface area contributed by atoms with Crippen LogP contribution in [0.1, 0.15) is 38.7 Å². The smallest absolute Gasteiger partial charge is 0.0408 e. The predicted molar refractivity (Wildman–Crippen MR) is 69.8 cm³/mol. The Morgan fingerprint density at radius 3 is 2.56 bits per heavy atom. The van der Waals surface area contributed by atoms with Crippen molar-refractivity contribution in [2.24, 2.45) is 11.1 Å². The Labute approximate surface area is 103 Å². The standard InChI is InChI=1S/C14H20ClN/c1-13(2)6-7-14(9-13,10-16)11-4-3-5-12(15)8-11/h3-5,8H,6-7,9-10,16H2,1-2H3. The fourth-order valence-corrected chi connectivity index (χ4v) is 3.22. The Morgan fingerprint density at radius 1 is 1.31 bits per heavy atom. The number of hydrogen-bond donors (Lipinski definition) is 1. The lowest BCUT2D eigenvalue weighted by molar-refractivity contribution is 0.338. The number of benzene rings is 1. The molecule has 1 aromatic rings. The maximum atomic E-state index is 6.07. The summed E-state index contributed by atoms with van der Waals surface area (Å²) in [6.45, 7) is 5.38. The molecule has 16 heavy (non-hydrogen) atoms. The first-order chi connectivity index (χ1) is 7.47. The van der Waals surface area contributed by atoms with Crippen molar-refractivity contribution in [3.63, 3.8) is 0 Å². The van der Waals surface area contributed by atoms with E-state index in [2.05, 4.69) is 26.0 Å². The summed E-state index contributed by atoms with van der Waals surface area (Å²) < 4.78 is 0. The summed E-state index contributed by atoms with van der Waals surface area (Å²) in [5.41, 5.74) is 7.89. The summed E-state index contributed by atoms with van der Waals surface area (Å²) in [7, 11) is 0. The highest BCUT2D eigenvalue weighted by atomic mass is 35.5. The number of hydrogen-bond acceptors (Lipinski definition) is 1. The SMILES string of the molecule is CC1(C)CCC(CN)(c2cccc(Cl)c2)C1. The highest BCUT2D eigenvalue weighted by molar-refractivity contribution is 6.30. The summed E-state index contributed by atoms with van der Waals surface area (Å²) in [5, 5.41) is 0.815. The maximum absolute atomic E-state index is 6.07. The van der Waals surface area contributed by atoms with Crippen LogP contribution in [0.25, 0.3) is 0 Å². The van der Waals surface area contributed by atoms with Gasteiger partial charge in [-0.05, 0) is 42.4 Å². The van der Waals surface area contributed by atoms with E-state index in [1.54, 1.807) is 0 Å². The molecule has 1 atom stereocenters. The van der Waals surface area contributed by atoms with E-state index in [0.717, 1.165) is 18.0 Å². The van der Waals surface area contributed by atoms with Crippen molar-refractivity contribution in [2.45, 2.75) is 38.5 Å². The van der Waals surface area contributed by atoms with E-state index in [0.29, 0.717) is 5.41 Å². The predicted octanol–water partition coefficient (Wildman–Crippen LogP) is 3.75. The average molecular weight is 238 g/mol. The van der Waals surface area contributed by atoms with Crippen molar-refractivity contribution in [1.29, 1.82) is 0 Å². The van der Waals surface area contributed by atoms with Gasteiger partial charge in [0, 0.05) is 17.0 Å². The van der Waals surface area contributed by atoms with Gasteiger partial charge in [0.25, 0.3) is 0 Å². The summed E-state index contributed by atoms with van der Waals surface area (Å²) in [6, 6.07) is 8.20. The van der Waals surface area contributed by atoms with E-state index in [1.807, 2.05) is 12.1 Å². The van der Waals surface area contributed by atoms with Gasteiger partial charge in [0.15, 0.2) is 0 Å². The lowest BCUT2D eigenvalue weighted by atomic mass is 9.76. The first kappa shape index (κ1) is 11.9. The summed E-state index contributed by atoms with van der Waals surface area (Å²) in [4.78, 5) is 0. The molecule has 0 bridgehead atoms. The van der Waals surface area contributed by atoms with E-state index in [9.17, 15) is 0 Å². The molecule has 0 amide bonds. The summed E-state index contributed by atoms with van der Waals surface area (Å²) in [6.07, 6.45) is 3.59. The molecule has 0 radical (unpaired) electrons. The monoisotopic (exact) mass is 237 g/mol. The minimum Gasteiger partial charge on any atom is -0.330 e. The largest absolute Gasteiger partial charge is 0.330 e. The van der Waals surface area contributed by atoms with Crippen LogP contribution in [-0.2, 0) is 5.41 Å². The van der Waals surface area contributed by atoms with Crippen molar-refractivity contribution < 1.29 is 0 Å². The highest BCUT2D eigenvalue weighted by Gasteiger charge is 2.43. The van der Waals surface area contributed by atoms with Gasteiger partial charge >= 0.3 is 0 Å². The number of rotatable bonds is 2. The zero-order valence-corrected chi connectivity index (χ0v) is 10.8. The fourth-order valence-electron chi connectivity index (χ4n) is 3.03. The first-order valence-electron chi connectivity index (χ1n) is 5.94. The van der Waals surface area contributed by atoms with Gasteiger partial charge in [-0.2, -0.15) is 0 Å². The van der Waals surface area contributed by atoms with Crippen molar-refractivity contribution in [3.8, 4) is 0 Å². The quantitative estimate of drug-likeness (QED) is 0.833. The summed E-state index contributed by atoms with van der Waals surface area (Å²) in [5.74, 6) is 0. The second-order valence-electron chi connectivity index (χ2n) is 5.84. The van der Waals surface area contributed by atoms with Crippen LogP contribution in [0.5, 0.6) is 0 Å². The average Bonchev–Trinajstić information content (AvgIpc) is 2.56. The van der Waals surface area contributed by atoms with E-state index >= 15 is 0 Å². The van der Waals surface area contributed by atoms with Gasteiger partial charge in [-0.15, -0.1) is 0 Å². The van der Waals surface area contributed by atoms with Crippen molar-refractivity contribution in [2.75, 3.05) is 6.54 Å². The molecule has 1 nitrogen and oxygen atoms in total. The molecular formula is C14H20ClN. The normalized spacial score (nSPS) is 28.2. The number of halogens is 1. The van der Waals surface area contributed by atoms with Crippen LogP contribution in [0, 0.1) is 5.41 Å². The molecule has 1 aliphatic rings. The van der Waals surface area contributed by atoms with Gasteiger partial charge in [0.05, 0.1) is 0 Å². The van der Waals surface area contributed by atoms with Crippen molar-refractivity contribution in [3.05, 3.63) is 34.9 Å². The maximum Gasteiger partial charge on any atom is 0.0408 e. The molecule has 0 spiro atoms. The van der Waals surface area contributed by atoms with Crippen LogP contribution < -0.4 is 5.73 Å². The molecule has 1 unspecified atom stereocenters. The molecule has 0 saturated heterocycles. The Balaban J connectivity index is 2.36. The fraction of sp³-hybridized carbons (Fsp3) is 0.571. The lowest BCUT2D eigenvalue weighted by Gasteiger charge is -2.30. The molecule has 2 heteroatoms. The molecule has 2 N–H and O–H groups in total. The third kappa shape index (κ3) is 2.11. The van der Waals surface area contributed by atoms with Gasteiger partial charge in [-0.1, -0.05) is 37.6 Å². The molecule has 1 fully saturated rings.